The third-order valence-corrected chi connectivity index (χ3v) is 2.49. The first-order valence-corrected chi connectivity index (χ1v) is 4.00. The van der Waals surface area contributed by atoms with Crippen molar-refractivity contribution in [2.45, 2.75) is 32.5 Å². The van der Waals surface area contributed by atoms with Gasteiger partial charge in [0.2, 0.25) is 0 Å². The molecule has 1 aliphatic carbocycles. The largest absolute Gasteiger partial charge is 0.471 e. The van der Waals surface area contributed by atoms with E-state index in [4.69, 9.17) is 0 Å². The lowest BCUT2D eigenvalue weighted by atomic mass is 10.2. The van der Waals surface area contributed by atoms with E-state index < -0.39 is 12.1 Å². The predicted octanol–water partition coefficient (Wildman–Crippen LogP) is 1.81. The van der Waals surface area contributed by atoms with Crippen LogP contribution in [0.3, 0.4) is 0 Å². The molecule has 0 aromatic carbocycles. The van der Waals surface area contributed by atoms with E-state index in [2.05, 4.69) is 0 Å². The monoisotopic (exact) mass is 195 g/mol. The summed E-state index contributed by atoms with van der Waals surface area (Å²) in [7, 11) is 1.20. The number of amides is 1. The minimum Gasteiger partial charge on any atom is -0.334 e. The topological polar surface area (TPSA) is 20.3 Å². The fourth-order valence-electron chi connectivity index (χ4n) is 1.44. The molecule has 0 bridgehead atoms. The molecule has 1 atom stereocenters. The zero-order valence-electron chi connectivity index (χ0n) is 7.77. The van der Waals surface area contributed by atoms with Crippen LogP contribution in [0.5, 0.6) is 0 Å². The fraction of sp³-hybridized carbons (Fsp3) is 0.875. The van der Waals surface area contributed by atoms with Crippen molar-refractivity contribution < 1.29 is 18.0 Å². The van der Waals surface area contributed by atoms with Crippen molar-refractivity contribution in [3.63, 3.8) is 0 Å². The Kier molecular flexibility index (Phi) is 2.09. The van der Waals surface area contributed by atoms with Gasteiger partial charge in [-0.15, -0.1) is 0 Å². The molecule has 0 aromatic rings. The third-order valence-electron chi connectivity index (χ3n) is 2.49. The van der Waals surface area contributed by atoms with E-state index in [-0.39, 0.29) is 11.5 Å². The maximum atomic E-state index is 11.9. The third kappa shape index (κ3) is 1.95. The summed E-state index contributed by atoms with van der Waals surface area (Å²) in [6, 6.07) is -0.262. The molecule has 0 heterocycles. The number of rotatable bonds is 1. The zero-order valence-corrected chi connectivity index (χ0v) is 7.77. The number of alkyl halides is 3. The van der Waals surface area contributed by atoms with Gasteiger partial charge in [0.1, 0.15) is 0 Å². The van der Waals surface area contributed by atoms with E-state index in [1.807, 2.05) is 13.8 Å². The summed E-state index contributed by atoms with van der Waals surface area (Å²) < 4.78 is 35.8. The Bertz CT molecular complexity index is 234. The summed E-state index contributed by atoms with van der Waals surface area (Å²) in [6.45, 7) is 3.69. The maximum Gasteiger partial charge on any atom is 0.471 e. The Morgan fingerprint density at radius 2 is 1.85 bits per heavy atom. The highest BCUT2D eigenvalue weighted by atomic mass is 19.4. The van der Waals surface area contributed by atoms with Crippen LogP contribution >= 0.6 is 0 Å². The number of hydrogen-bond acceptors (Lipinski definition) is 1. The van der Waals surface area contributed by atoms with Crippen LogP contribution in [0.4, 0.5) is 13.2 Å². The van der Waals surface area contributed by atoms with Crippen LogP contribution in [0.15, 0.2) is 0 Å². The number of nitrogens with zero attached hydrogens (tertiary/aromatic N) is 1. The SMILES string of the molecule is CN(C(=O)C(F)(F)F)C1CC1(C)C. The van der Waals surface area contributed by atoms with Crippen molar-refractivity contribution in [2.75, 3.05) is 7.05 Å². The summed E-state index contributed by atoms with van der Waals surface area (Å²) in [4.78, 5) is 11.5. The van der Waals surface area contributed by atoms with E-state index in [1.54, 1.807) is 0 Å². The molecular formula is C8H12F3NO. The molecular weight excluding hydrogens is 183 g/mol. The molecule has 5 heteroatoms. The summed E-state index contributed by atoms with van der Waals surface area (Å²) >= 11 is 0. The number of carbonyl (C=O) groups is 1. The maximum absolute atomic E-state index is 11.9. The van der Waals surface area contributed by atoms with E-state index >= 15 is 0 Å². The minimum absolute atomic E-state index is 0.157. The van der Waals surface area contributed by atoms with Gasteiger partial charge in [0.05, 0.1) is 0 Å². The van der Waals surface area contributed by atoms with Crippen LogP contribution in [-0.4, -0.2) is 30.1 Å². The molecule has 1 saturated carbocycles. The summed E-state index contributed by atoms with van der Waals surface area (Å²) in [5.74, 6) is -1.75. The molecule has 0 aliphatic heterocycles. The molecule has 2 nitrogen and oxygen atoms in total. The molecule has 0 spiro atoms. The first-order chi connectivity index (χ1) is 5.66. The van der Waals surface area contributed by atoms with Gasteiger partial charge < -0.3 is 4.90 Å². The van der Waals surface area contributed by atoms with Gasteiger partial charge in [0.25, 0.3) is 0 Å². The molecule has 76 valence electrons. The summed E-state index contributed by atoms with van der Waals surface area (Å²) in [6.07, 6.45) is -4.10. The zero-order chi connectivity index (χ0) is 10.4. The molecule has 1 rings (SSSR count). The van der Waals surface area contributed by atoms with Crippen LogP contribution in [-0.2, 0) is 4.79 Å². The first-order valence-electron chi connectivity index (χ1n) is 4.00. The second-order valence-electron chi connectivity index (χ2n) is 4.12. The van der Waals surface area contributed by atoms with Gasteiger partial charge in [0, 0.05) is 13.1 Å². The van der Waals surface area contributed by atoms with Crippen LogP contribution in [0, 0.1) is 5.41 Å². The van der Waals surface area contributed by atoms with Crippen LogP contribution in [0.2, 0.25) is 0 Å². The number of carbonyl (C=O) groups excluding carboxylic acids is 1. The van der Waals surface area contributed by atoms with Gasteiger partial charge in [-0.2, -0.15) is 13.2 Å². The van der Waals surface area contributed by atoms with Gasteiger partial charge in [-0.3, -0.25) is 4.79 Å². The van der Waals surface area contributed by atoms with Crippen molar-refractivity contribution >= 4 is 5.91 Å². The molecule has 0 N–H and O–H groups in total. The lowest BCUT2D eigenvalue weighted by Crippen LogP contribution is -2.41. The van der Waals surface area contributed by atoms with E-state index in [1.165, 1.54) is 7.05 Å². The van der Waals surface area contributed by atoms with E-state index in [9.17, 15) is 18.0 Å². The van der Waals surface area contributed by atoms with Gasteiger partial charge in [0.15, 0.2) is 0 Å². The quantitative estimate of drug-likeness (QED) is 0.624. The lowest BCUT2D eigenvalue weighted by molar-refractivity contribution is -0.185. The molecule has 1 fully saturated rings. The normalized spacial score (nSPS) is 25.5. The van der Waals surface area contributed by atoms with Gasteiger partial charge in [-0.1, -0.05) is 13.8 Å². The predicted molar refractivity (Wildman–Crippen MR) is 41.0 cm³/mol. The lowest BCUT2D eigenvalue weighted by Gasteiger charge is -2.20. The molecule has 1 amide bonds. The molecule has 1 aliphatic rings. The van der Waals surface area contributed by atoms with Gasteiger partial charge in [-0.25, -0.2) is 0 Å². The summed E-state index contributed by atoms with van der Waals surface area (Å²) in [5, 5.41) is 0. The average Bonchev–Trinajstić information content (AvgIpc) is 2.55. The van der Waals surface area contributed by atoms with Gasteiger partial charge in [-0.05, 0) is 11.8 Å². The summed E-state index contributed by atoms with van der Waals surface area (Å²) in [5.41, 5.74) is -0.157. The van der Waals surface area contributed by atoms with Gasteiger partial charge >= 0.3 is 12.1 Å². The minimum atomic E-state index is -4.74. The second kappa shape index (κ2) is 2.62. The Labute approximate surface area is 74.7 Å². The Hall–Kier alpha value is -0.740. The number of hydrogen-bond donors (Lipinski definition) is 0. The van der Waals surface area contributed by atoms with Crippen molar-refractivity contribution in [1.82, 2.24) is 4.90 Å². The molecule has 0 aromatic heterocycles. The molecule has 0 radical (unpaired) electrons. The van der Waals surface area contributed by atoms with Crippen molar-refractivity contribution in [1.29, 1.82) is 0 Å². The van der Waals surface area contributed by atoms with Crippen LogP contribution < -0.4 is 0 Å². The van der Waals surface area contributed by atoms with Crippen molar-refractivity contribution in [3.8, 4) is 0 Å². The Morgan fingerprint density at radius 3 is 2.08 bits per heavy atom. The Balaban J connectivity index is 2.61. The Morgan fingerprint density at radius 1 is 1.46 bits per heavy atom. The highest BCUT2D eigenvalue weighted by molar-refractivity contribution is 5.82. The van der Waals surface area contributed by atoms with Crippen molar-refractivity contribution in [3.05, 3.63) is 0 Å². The second-order valence-corrected chi connectivity index (χ2v) is 4.12. The van der Waals surface area contributed by atoms with Crippen LogP contribution in [0.25, 0.3) is 0 Å². The fourth-order valence-corrected chi connectivity index (χ4v) is 1.44. The van der Waals surface area contributed by atoms with Crippen molar-refractivity contribution in [2.24, 2.45) is 5.41 Å². The number of halogens is 3. The van der Waals surface area contributed by atoms with E-state index in [0.29, 0.717) is 6.42 Å². The standard InChI is InChI=1S/C8H12F3NO/c1-7(2)4-5(7)12(3)6(13)8(9,10)11/h5H,4H2,1-3H3. The highest BCUT2D eigenvalue weighted by Crippen LogP contribution is 2.48. The molecule has 0 saturated heterocycles. The smallest absolute Gasteiger partial charge is 0.334 e. The average molecular weight is 195 g/mol. The molecule has 1 unspecified atom stereocenters. The molecule has 13 heavy (non-hydrogen) atoms. The first kappa shape index (κ1) is 10.3. The van der Waals surface area contributed by atoms with Crippen LogP contribution in [0.1, 0.15) is 20.3 Å². The highest BCUT2D eigenvalue weighted by Gasteiger charge is 2.54. The van der Waals surface area contributed by atoms with E-state index in [0.717, 1.165) is 4.90 Å².